The van der Waals surface area contributed by atoms with Crippen LogP contribution in [-0.4, -0.2) is 9.85 Å². The summed E-state index contributed by atoms with van der Waals surface area (Å²) in [5.41, 5.74) is 0.873. The van der Waals surface area contributed by atoms with Gasteiger partial charge in [0.1, 0.15) is 5.75 Å². The minimum absolute atomic E-state index is 0.00333. The van der Waals surface area contributed by atoms with Crippen LogP contribution in [0.5, 0.6) is 11.5 Å². The quantitative estimate of drug-likeness (QED) is 0.489. The maximum Gasteiger partial charge on any atom is 0.319 e. The summed E-state index contributed by atoms with van der Waals surface area (Å²) in [5, 5.41) is 23.4. The number of hydrogen-bond acceptors (Lipinski definition) is 5. The van der Waals surface area contributed by atoms with Gasteiger partial charge >= 0.3 is 5.69 Å². The Balaban J connectivity index is 2.34. The molecule has 0 aliphatic rings. The number of nitro benzene ring substituents is 2. The molecule has 0 bridgehead atoms. The highest BCUT2D eigenvalue weighted by atomic mass is 16.6. The van der Waals surface area contributed by atoms with Crippen LogP contribution in [0.25, 0.3) is 10.8 Å². The predicted molar refractivity (Wildman–Crippen MR) is 93.2 cm³/mol. The van der Waals surface area contributed by atoms with Crippen LogP contribution in [-0.2, 0) is 0 Å². The van der Waals surface area contributed by atoms with Crippen molar-refractivity contribution >= 4 is 22.1 Å². The zero-order valence-electron chi connectivity index (χ0n) is 13.6. The summed E-state index contributed by atoms with van der Waals surface area (Å²) in [6.45, 7) is 3.67. The third-order valence-electron chi connectivity index (χ3n) is 3.96. The number of nitro groups is 2. The first kappa shape index (κ1) is 16.4. The van der Waals surface area contributed by atoms with E-state index in [1.165, 1.54) is 0 Å². The third kappa shape index (κ3) is 2.87. The number of benzene rings is 3. The molecule has 0 spiro atoms. The van der Waals surface area contributed by atoms with Crippen molar-refractivity contribution in [1.29, 1.82) is 0 Å². The first-order valence-electron chi connectivity index (χ1n) is 7.48. The van der Waals surface area contributed by atoms with E-state index in [0.29, 0.717) is 16.5 Å². The molecule has 3 rings (SSSR count). The molecule has 3 aromatic rings. The average molecular weight is 338 g/mol. The van der Waals surface area contributed by atoms with Gasteiger partial charge in [-0.05, 0) is 31.0 Å². The maximum atomic E-state index is 11.5. The van der Waals surface area contributed by atoms with E-state index < -0.39 is 15.5 Å². The number of ether oxygens (including phenoxy) is 1. The van der Waals surface area contributed by atoms with Crippen LogP contribution in [0.15, 0.2) is 48.5 Å². The van der Waals surface area contributed by atoms with Gasteiger partial charge in [-0.1, -0.05) is 36.4 Å². The number of rotatable bonds is 4. The molecule has 25 heavy (non-hydrogen) atoms. The van der Waals surface area contributed by atoms with Crippen molar-refractivity contribution in [2.45, 2.75) is 13.8 Å². The molecule has 7 nitrogen and oxygen atoms in total. The summed E-state index contributed by atoms with van der Waals surface area (Å²) in [4.78, 5) is 21.5. The molecular formula is C18H14N2O5. The van der Waals surface area contributed by atoms with Crippen molar-refractivity contribution in [3.05, 3.63) is 79.9 Å². The zero-order chi connectivity index (χ0) is 18.1. The number of hydrogen-bond donors (Lipinski definition) is 0. The first-order valence-corrected chi connectivity index (χ1v) is 7.48. The standard InChI is InChI=1S/C18H14N2O5/c1-11-6-5-7-12(2)17(11)25-18-14-9-4-3-8-13(14)15(19(21)22)10-16(18)20(23)24/h3-10H,1-2H3. The molecule has 0 saturated carbocycles. The Morgan fingerprint density at radius 2 is 1.32 bits per heavy atom. The number of fused-ring (bicyclic) bond motifs is 1. The first-order chi connectivity index (χ1) is 11.9. The maximum absolute atomic E-state index is 11.5. The fourth-order valence-corrected chi connectivity index (χ4v) is 2.77. The van der Waals surface area contributed by atoms with Crippen LogP contribution in [0.4, 0.5) is 11.4 Å². The second-order valence-corrected chi connectivity index (χ2v) is 5.63. The summed E-state index contributed by atoms with van der Waals surface area (Å²) < 4.78 is 5.92. The summed E-state index contributed by atoms with van der Waals surface area (Å²) in [5.74, 6) is 0.508. The third-order valence-corrected chi connectivity index (χ3v) is 3.96. The molecule has 0 fully saturated rings. The van der Waals surface area contributed by atoms with Crippen molar-refractivity contribution in [3.63, 3.8) is 0 Å². The molecule has 0 heterocycles. The smallest absolute Gasteiger partial charge is 0.319 e. The van der Waals surface area contributed by atoms with Gasteiger partial charge in [-0.3, -0.25) is 20.2 Å². The number of aryl methyl sites for hydroxylation is 2. The van der Waals surface area contributed by atoms with Crippen molar-refractivity contribution < 1.29 is 14.6 Å². The molecule has 7 heteroatoms. The Bertz CT molecular complexity index is 994. The molecular weight excluding hydrogens is 324 g/mol. The normalized spacial score (nSPS) is 10.6. The Morgan fingerprint density at radius 1 is 0.760 bits per heavy atom. The van der Waals surface area contributed by atoms with Gasteiger partial charge in [0, 0.05) is 5.39 Å². The SMILES string of the molecule is Cc1cccc(C)c1Oc1c([N+](=O)[O-])cc([N+](=O)[O-])c2ccccc12. The molecule has 0 N–H and O–H groups in total. The second-order valence-electron chi connectivity index (χ2n) is 5.63. The van der Waals surface area contributed by atoms with Gasteiger partial charge in [-0.2, -0.15) is 0 Å². The minimum atomic E-state index is -0.664. The fourth-order valence-electron chi connectivity index (χ4n) is 2.77. The van der Waals surface area contributed by atoms with Gasteiger partial charge in [0.05, 0.1) is 21.3 Å². The number of para-hydroxylation sites is 1. The molecule has 0 saturated heterocycles. The number of non-ortho nitro benzene ring substituents is 1. The van der Waals surface area contributed by atoms with Gasteiger partial charge in [0.15, 0.2) is 0 Å². The summed E-state index contributed by atoms with van der Waals surface area (Å²) in [6.07, 6.45) is 0. The van der Waals surface area contributed by atoms with E-state index in [1.54, 1.807) is 24.3 Å². The van der Waals surface area contributed by atoms with Crippen LogP contribution in [0.1, 0.15) is 11.1 Å². The minimum Gasteiger partial charge on any atom is -0.449 e. The van der Waals surface area contributed by atoms with E-state index in [4.69, 9.17) is 4.74 Å². The van der Waals surface area contributed by atoms with Crippen LogP contribution in [0.2, 0.25) is 0 Å². The van der Waals surface area contributed by atoms with Gasteiger partial charge in [-0.15, -0.1) is 0 Å². The largest absolute Gasteiger partial charge is 0.449 e. The molecule has 0 amide bonds. The molecule has 3 aromatic carbocycles. The lowest BCUT2D eigenvalue weighted by atomic mass is 10.1. The molecule has 0 atom stereocenters. The molecule has 0 aliphatic carbocycles. The average Bonchev–Trinajstić information content (AvgIpc) is 2.57. The molecule has 0 radical (unpaired) electrons. The van der Waals surface area contributed by atoms with Crippen molar-refractivity contribution in [2.24, 2.45) is 0 Å². The van der Waals surface area contributed by atoms with E-state index >= 15 is 0 Å². The molecule has 0 unspecified atom stereocenters. The van der Waals surface area contributed by atoms with Gasteiger partial charge in [-0.25, -0.2) is 0 Å². The van der Waals surface area contributed by atoms with E-state index in [9.17, 15) is 20.2 Å². The van der Waals surface area contributed by atoms with E-state index in [-0.39, 0.29) is 11.4 Å². The highest BCUT2D eigenvalue weighted by molar-refractivity contribution is 5.98. The van der Waals surface area contributed by atoms with E-state index in [0.717, 1.165) is 17.2 Å². The van der Waals surface area contributed by atoms with Crippen LogP contribution in [0.3, 0.4) is 0 Å². The lowest BCUT2D eigenvalue weighted by Gasteiger charge is -2.14. The Morgan fingerprint density at radius 3 is 1.88 bits per heavy atom. The van der Waals surface area contributed by atoms with Crippen molar-refractivity contribution in [2.75, 3.05) is 0 Å². The van der Waals surface area contributed by atoms with Gasteiger partial charge < -0.3 is 4.74 Å². The lowest BCUT2D eigenvalue weighted by molar-refractivity contribution is -0.393. The van der Waals surface area contributed by atoms with Crippen LogP contribution >= 0.6 is 0 Å². The van der Waals surface area contributed by atoms with Crippen LogP contribution in [0, 0.1) is 34.1 Å². The summed E-state index contributed by atoms with van der Waals surface area (Å²) in [7, 11) is 0. The van der Waals surface area contributed by atoms with Crippen LogP contribution < -0.4 is 4.74 Å². The summed E-state index contributed by atoms with van der Waals surface area (Å²) in [6, 6.07) is 12.9. The summed E-state index contributed by atoms with van der Waals surface area (Å²) >= 11 is 0. The molecule has 0 aliphatic heterocycles. The van der Waals surface area contributed by atoms with Gasteiger partial charge in [0.25, 0.3) is 5.69 Å². The van der Waals surface area contributed by atoms with E-state index in [1.807, 2.05) is 32.0 Å². The number of nitrogens with zero attached hydrogens (tertiary/aromatic N) is 2. The zero-order valence-corrected chi connectivity index (χ0v) is 13.6. The topological polar surface area (TPSA) is 95.5 Å². The predicted octanol–water partition coefficient (Wildman–Crippen LogP) is 5.07. The fraction of sp³-hybridized carbons (Fsp3) is 0.111. The highest BCUT2D eigenvalue weighted by Gasteiger charge is 2.27. The second kappa shape index (κ2) is 6.20. The Hall–Kier alpha value is -3.48. The van der Waals surface area contributed by atoms with Crippen molar-refractivity contribution in [3.8, 4) is 11.5 Å². The Kier molecular flexibility index (Phi) is 4.06. The monoisotopic (exact) mass is 338 g/mol. The van der Waals surface area contributed by atoms with E-state index in [2.05, 4.69) is 0 Å². The molecule has 0 aromatic heterocycles. The van der Waals surface area contributed by atoms with Crippen molar-refractivity contribution in [1.82, 2.24) is 0 Å². The molecule has 126 valence electrons. The lowest BCUT2D eigenvalue weighted by Crippen LogP contribution is -1.99. The highest BCUT2D eigenvalue weighted by Crippen LogP contribution is 2.44. The van der Waals surface area contributed by atoms with Gasteiger partial charge in [0.2, 0.25) is 5.75 Å². The Labute approximate surface area is 142 Å².